The van der Waals surface area contributed by atoms with Crippen LogP contribution in [0.3, 0.4) is 0 Å². The number of likely N-dealkylation sites (N-methyl/N-ethyl adjacent to an activating group) is 1. The second kappa shape index (κ2) is 10.8. The van der Waals surface area contributed by atoms with E-state index in [2.05, 4.69) is 29.0 Å². The molecule has 0 radical (unpaired) electrons. The van der Waals surface area contributed by atoms with Crippen LogP contribution in [0.5, 0.6) is 5.75 Å². The average Bonchev–Trinajstić information content (AvgIpc) is 2.96. The molecule has 2 unspecified atom stereocenters. The first-order valence-corrected chi connectivity index (χ1v) is 12.2. The quantitative estimate of drug-likeness (QED) is 0.649. The first kappa shape index (κ1) is 23.9. The SMILES string of the molecule is COc1ccccc1CC1(O)C(=Cc2ccc(F)cc2)CCCCC1CN1CCN(C)CC1. The summed E-state index contributed by atoms with van der Waals surface area (Å²) >= 11 is 0. The minimum absolute atomic E-state index is 0.125. The molecule has 4 nitrogen and oxygen atoms in total. The Bertz CT molecular complexity index is 937. The molecular formula is C28H37FN2O2. The molecule has 4 rings (SSSR count). The fourth-order valence-corrected chi connectivity index (χ4v) is 5.36. The third kappa shape index (κ3) is 5.84. The summed E-state index contributed by atoms with van der Waals surface area (Å²) < 4.78 is 19.1. The van der Waals surface area contributed by atoms with E-state index in [9.17, 15) is 9.50 Å². The van der Waals surface area contributed by atoms with E-state index in [1.54, 1.807) is 19.2 Å². The highest BCUT2D eigenvalue weighted by Gasteiger charge is 2.42. The minimum Gasteiger partial charge on any atom is -0.496 e. The Hall–Kier alpha value is -2.21. The molecule has 0 aromatic heterocycles. The molecule has 2 aliphatic rings. The number of para-hydroxylation sites is 1. The third-order valence-corrected chi connectivity index (χ3v) is 7.42. The molecule has 5 heteroatoms. The van der Waals surface area contributed by atoms with Gasteiger partial charge in [0.2, 0.25) is 0 Å². The Labute approximate surface area is 197 Å². The van der Waals surface area contributed by atoms with Crippen LogP contribution in [0.1, 0.15) is 36.8 Å². The van der Waals surface area contributed by atoms with Crippen molar-refractivity contribution in [2.75, 3.05) is 46.9 Å². The zero-order valence-electron chi connectivity index (χ0n) is 20.0. The van der Waals surface area contributed by atoms with Crippen molar-refractivity contribution >= 4 is 6.08 Å². The fraction of sp³-hybridized carbons (Fsp3) is 0.500. The van der Waals surface area contributed by atoms with E-state index in [4.69, 9.17) is 4.74 Å². The molecule has 2 aromatic rings. The molecule has 0 bridgehead atoms. The molecular weight excluding hydrogens is 415 g/mol. The van der Waals surface area contributed by atoms with Gasteiger partial charge in [0.05, 0.1) is 12.7 Å². The van der Waals surface area contributed by atoms with Crippen LogP contribution in [0.4, 0.5) is 4.39 Å². The summed E-state index contributed by atoms with van der Waals surface area (Å²) in [7, 11) is 3.86. The van der Waals surface area contributed by atoms with Gasteiger partial charge in [-0.25, -0.2) is 4.39 Å². The van der Waals surface area contributed by atoms with Gasteiger partial charge in [-0.3, -0.25) is 0 Å². The number of aliphatic hydroxyl groups is 1. The highest BCUT2D eigenvalue weighted by Crippen LogP contribution is 2.42. The van der Waals surface area contributed by atoms with Crippen LogP contribution in [0.2, 0.25) is 0 Å². The van der Waals surface area contributed by atoms with Crippen molar-refractivity contribution in [3.63, 3.8) is 0 Å². The molecule has 1 aliphatic heterocycles. The molecule has 1 aliphatic carbocycles. The minimum atomic E-state index is -0.983. The first-order chi connectivity index (χ1) is 16.0. The Morgan fingerprint density at radius 3 is 2.52 bits per heavy atom. The van der Waals surface area contributed by atoms with Gasteiger partial charge in [0.1, 0.15) is 11.6 Å². The first-order valence-electron chi connectivity index (χ1n) is 12.2. The third-order valence-electron chi connectivity index (χ3n) is 7.42. The van der Waals surface area contributed by atoms with E-state index in [-0.39, 0.29) is 11.7 Å². The number of halogens is 1. The average molecular weight is 453 g/mol. The van der Waals surface area contributed by atoms with Crippen molar-refractivity contribution in [2.45, 2.75) is 37.7 Å². The normalized spacial score (nSPS) is 26.3. The fourth-order valence-electron chi connectivity index (χ4n) is 5.36. The van der Waals surface area contributed by atoms with E-state index >= 15 is 0 Å². The van der Waals surface area contributed by atoms with Gasteiger partial charge in [-0.2, -0.15) is 0 Å². The van der Waals surface area contributed by atoms with Crippen molar-refractivity contribution in [3.05, 3.63) is 71.0 Å². The zero-order valence-corrected chi connectivity index (χ0v) is 20.0. The molecule has 33 heavy (non-hydrogen) atoms. The van der Waals surface area contributed by atoms with Crippen LogP contribution < -0.4 is 4.74 Å². The van der Waals surface area contributed by atoms with Crippen molar-refractivity contribution in [3.8, 4) is 5.75 Å². The second-order valence-electron chi connectivity index (χ2n) is 9.68. The molecule has 2 atom stereocenters. The van der Waals surface area contributed by atoms with E-state index in [0.717, 1.165) is 80.9 Å². The van der Waals surface area contributed by atoms with Crippen molar-refractivity contribution in [2.24, 2.45) is 5.92 Å². The number of benzene rings is 2. The molecule has 1 saturated carbocycles. The number of ether oxygens (including phenoxy) is 1. The maximum absolute atomic E-state index is 13.5. The van der Waals surface area contributed by atoms with Crippen LogP contribution in [-0.2, 0) is 6.42 Å². The molecule has 2 aromatic carbocycles. The predicted octanol–water partition coefficient (Wildman–Crippen LogP) is 4.63. The van der Waals surface area contributed by atoms with Gasteiger partial charge in [0.25, 0.3) is 0 Å². The van der Waals surface area contributed by atoms with E-state index in [1.165, 1.54) is 12.1 Å². The van der Waals surface area contributed by atoms with Gasteiger partial charge < -0.3 is 19.6 Å². The summed E-state index contributed by atoms with van der Waals surface area (Å²) in [6, 6.07) is 14.6. The summed E-state index contributed by atoms with van der Waals surface area (Å²) in [5.41, 5.74) is 2.03. The molecule has 1 heterocycles. The number of rotatable bonds is 6. The maximum Gasteiger partial charge on any atom is 0.123 e. The lowest BCUT2D eigenvalue weighted by atomic mass is 9.74. The number of piperazine rings is 1. The highest BCUT2D eigenvalue weighted by atomic mass is 19.1. The summed E-state index contributed by atoms with van der Waals surface area (Å²) in [5, 5.41) is 12.5. The van der Waals surface area contributed by atoms with E-state index in [0.29, 0.717) is 6.42 Å². The zero-order chi connectivity index (χ0) is 23.3. The molecule has 1 N–H and O–H groups in total. The van der Waals surface area contributed by atoms with Crippen molar-refractivity contribution < 1.29 is 14.2 Å². The van der Waals surface area contributed by atoms with Gasteiger partial charge in [-0.05, 0) is 61.2 Å². The molecule has 2 fully saturated rings. The Kier molecular flexibility index (Phi) is 7.84. The molecule has 178 valence electrons. The molecule has 0 spiro atoms. The van der Waals surface area contributed by atoms with Crippen molar-refractivity contribution in [1.29, 1.82) is 0 Å². The summed E-state index contributed by atoms with van der Waals surface area (Å²) in [6.45, 7) is 5.09. The van der Waals surface area contributed by atoms with Gasteiger partial charge in [0, 0.05) is 45.1 Å². The Morgan fingerprint density at radius 1 is 1.06 bits per heavy atom. The lowest BCUT2D eigenvalue weighted by Gasteiger charge is -2.42. The van der Waals surface area contributed by atoms with Crippen LogP contribution >= 0.6 is 0 Å². The van der Waals surface area contributed by atoms with Gasteiger partial charge >= 0.3 is 0 Å². The second-order valence-corrected chi connectivity index (χ2v) is 9.68. The summed E-state index contributed by atoms with van der Waals surface area (Å²) in [4.78, 5) is 4.88. The van der Waals surface area contributed by atoms with E-state index in [1.807, 2.05) is 18.2 Å². The summed E-state index contributed by atoms with van der Waals surface area (Å²) in [5.74, 6) is 0.699. The van der Waals surface area contributed by atoms with Gasteiger partial charge in [-0.15, -0.1) is 0 Å². The lowest BCUT2D eigenvalue weighted by Crippen LogP contribution is -2.51. The Balaban J connectivity index is 1.70. The maximum atomic E-state index is 13.5. The van der Waals surface area contributed by atoms with Crippen LogP contribution in [-0.4, -0.2) is 67.4 Å². The van der Waals surface area contributed by atoms with Crippen LogP contribution in [0.25, 0.3) is 6.08 Å². The lowest BCUT2D eigenvalue weighted by molar-refractivity contribution is -0.00677. The Morgan fingerprint density at radius 2 is 1.79 bits per heavy atom. The van der Waals surface area contributed by atoms with Crippen LogP contribution in [0.15, 0.2) is 54.1 Å². The predicted molar refractivity (Wildman–Crippen MR) is 132 cm³/mol. The number of hydrogen-bond donors (Lipinski definition) is 1. The molecule has 1 saturated heterocycles. The largest absolute Gasteiger partial charge is 0.496 e. The smallest absolute Gasteiger partial charge is 0.123 e. The standard InChI is InChI=1S/C28H37FN2O2/c1-30-15-17-31(18-16-30)21-25-9-5-4-8-24(19-22-11-13-26(29)14-12-22)28(25,32)20-23-7-3-6-10-27(23)33-2/h3,6-7,10-14,19,25,32H,4-5,8-9,15-18,20-21H2,1-2H3. The number of nitrogens with zero attached hydrogens (tertiary/aromatic N) is 2. The number of hydrogen-bond acceptors (Lipinski definition) is 4. The van der Waals surface area contributed by atoms with Crippen molar-refractivity contribution in [1.82, 2.24) is 9.80 Å². The van der Waals surface area contributed by atoms with Crippen LogP contribution in [0, 0.1) is 11.7 Å². The monoisotopic (exact) mass is 452 g/mol. The molecule has 0 amide bonds. The topological polar surface area (TPSA) is 35.9 Å². The summed E-state index contributed by atoms with van der Waals surface area (Å²) in [6.07, 6.45) is 6.62. The van der Waals surface area contributed by atoms with Gasteiger partial charge in [-0.1, -0.05) is 42.8 Å². The van der Waals surface area contributed by atoms with Gasteiger partial charge in [0.15, 0.2) is 0 Å². The van der Waals surface area contributed by atoms with E-state index < -0.39 is 5.60 Å². The highest BCUT2D eigenvalue weighted by molar-refractivity contribution is 5.56. The number of methoxy groups -OCH3 is 1.